The number of hydrogen-bond donors (Lipinski definition) is 0. The van der Waals surface area contributed by atoms with Crippen molar-refractivity contribution in [2.75, 3.05) is 36.0 Å². The van der Waals surface area contributed by atoms with Gasteiger partial charge in [0.25, 0.3) is 0 Å². The number of rotatable bonds is 4. The first-order chi connectivity index (χ1) is 15.6. The second-order valence-corrected chi connectivity index (χ2v) is 7.80. The summed E-state index contributed by atoms with van der Waals surface area (Å²) < 4.78 is 53.8. The lowest BCUT2D eigenvalue weighted by molar-refractivity contribution is -0.137. The first kappa shape index (κ1) is 22.6. The molecule has 33 heavy (non-hydrogen) atoms. The number of anilines is 2. The van der Waals surface area contributed by atoms with Crippen LogP contribution in [0.5, 0.6) is 0 Å². The van der Waals surface area contributed by atoms with Crippen molar-refractivity contribution >= 4 is 17.4 Å². The molecule has 0 saturated carbocycles. The van der Waals surface area contributed by atoms with Crippen LogP contribution < -0.4 is 9.80 Å². The Morgan fingerprint density at radius 1 is 1.00 bits per heavy atom. The molecule has 4 rings (SSSR count). The molecule has 1 fully saturated rings. The van der Waals surface area contributed by atoms with E-state index in [-0.39, 0.29) is 23.2 Å². The molecule has 0 amide bonds. The first-order valence-corrected chi connectivity index (χ1v) is 10.3. The van der Waals surface area contributed by atoms with Crippen molar-refractivity contribution in [2.24, 2.45) is 0 Å². The molecule has 0 spiro atoms. The van der Waals surface area contributed by atoms with Crippen LogP contribution in [0.25, 0.3) is 11.3 Å². The highest BCUT2D eigenvalue weighted by molar-refractivity contribution is 5.91. The number of ketones is 1. The van der Waals surface area contributed by atoms with E-state index in [9.17, 15) is 22.4 Å². The van der Waals surface area contributed by atoms with Crippen molar-refractivity contribution in [3.05, 3.63) is 65.4 Å². The van der Waals surface area contributed by atoms with Crippen molar-refractivity contribution in [1.29, 1.82) is 0 Å². The largest absolute Gasteiger partial charge is 0.419 e. The van der Waals surface area contributed by atoms with E-state index >= 15 is 0 Å². The van der Waals surface area contributed by atoms with Gasteiger partial charge in [0.2, 0.25) is 0 Å². The second-order valence-electron chi connectivity index (χ2n) is 7.80. The lowest BCUT2D eigenvalue weighted by atomic mass is 10.1. The molecular formula is C23H21F4N5O. The van der Waals surface area contributed by atoms with Gasteiger partial charge in [-0.1, -0.05) is 0 Å². The molecule has 0 N–H and O–H groups in total. The highest BCUT2D eigenvalue weighted by Crippen LogP contribution is 2.35. The van der Waals surface area contributed by atoms with Gasteiger partial charge >= 0.3 is 6.18 Å². The number of nitrogens with zero attached hydrogens (tertiary/aromatic N) is 5. The summed E-state index contributed by atoms with van der Waals surface area (Å²) in [5.41, 5.74) is 0.789. The highest BCUT2D eigenvalue weighted by atomic mass is 19.4. The lowest BCUT2D eigenvalue weighted by Gasteiger charge is -2.37. The van der Waals surface area contributed by atoms with Crippen LogP contribution in [0.15, 0.2) is 42.6 Å². The molecule has 0 unspecified atom stereocenters. The van der Waals surface area contributed by atoms with Gasteiger partial charge in [0.15, 0.2) is 11.6 Å². The number of halogens is 4. The summed E-state index contributed by atoms with van der Waals surface area (Å²) in [6.45, 7) is 4.35. The minimum atomic E-state index is -4.49. The number of alkyl halides is 3. The van der Waals surface area contributed by atoms with Crippen LogP contribution in [0.2, 0.25) is 0 Å². The summed E-state index contributed by atoms with van der Waals surface area (Å²) >= 11 is 0. The van der Waals surface area contributed by atoms with Gasteiger partial charge in [0.05, 0.1) is 11.3 Å². The van der Waals surface area contributed by atoms with Gasteiger partial charge in [-0.05, 0) is 42.8 Å². The summed E-state index contributed by atoms with van der Waals surface area (Å²) in [5.74, 6) is -0.248. The topological polar surface area (TPSA) is 62.2 Å². The number of aromatic nitrogens is 3. The van der Waals surface area contributed by atoms with Crippen molar-refractivity contribution in [3.8, 4) is 11.3 Å². The molecule has 1 aliphatic heterocycles. The Hall–Kier alpha value is -3.56. The van der Waals surface area contributed by atoms with Crippen LogP contribution >= 0.6 is 0 Å². The molecule has 3 aromatic rings. The van der Waals surface area contributed by atoms with Crippen molar-refractivity contribution in [1.82, 2.24) is 15.0 Å². The van der Waals surface area contributed by atoms with Crippen LogP contribution in [0.1, 0.15) is 28.7 Å². The number of hydrogen-bond acceptors (Lipinski definition) is 6. The fraction of sp³-hybridized carbons (Fsp3) is 0.304. The Kier molecular flexibility index (Phi) is 6.01. The molecular weight excluding hydrogens is 438 g/mol. The number of carbonyl (C=O) groups is 1. The maximum Gasteiger partial charge on any atom is 0.419 e. The minimum Gasteiger partial charge on any atom is -0.353 e. The predicted octanol–water partition coefficient (Wildman–Crippen LogP) is 4.53. The number of benzene rings is 1. The Bertz CT molecular complexity index is 1190. The van der Waals surface area contributed by atoms with Gasteiger partial charge in [-0.3, -0.25) is 4.79 Å². The van der Waals surface area contributed by atoms with E-state index in [0.29, 0.717) is 48.8 Å². The maximum atomic E-state index is 13.7. The number of piperazine rings is 1. The average molecular weight is 459 g/mol. The minimum absolute atomic E-state index is 0.0241. The molecule has 0 atom stereocenters. The van der Waals surface area contributed by atoms with Crippen LogP contribution in [-0.4, -0.2) is 46.9 Å². The molecule has 172 valence electrons. The average Bonchev–Trinajstić information content (AvgIpc) is 2.80. The first-order valence-electron chi connectivity index (χ1n) is 10.3. The Balaban J connectivity index is 1.60. The molecule has 6 nitrogen and oxygen atoms in total. The number of aryl methyl sites for hydroxylation is 1. The third kappa shape index (κ3) is 4.79. The van der Waals surface area contributed by atoms with E-state index in [4.69, 9.17) is 0 Å². The van der Waals surface area contributed by atoms with Gasteiger partial charge < -0.3 is 9.80 Å². The molecule has 2 aromatic heterocycles. The SMILES string of the molecule is CC(=O)c1nc(-c2ccc(F)c(C)c2)cc(N2CCN(c3ncccc3C(F)(F)F)CC2)n1. The van der Waals surface area contributed by atoms with E-state index in [1.807, 2.05) is 4.90 Å². The predicted molar refractivity (Wildman–Crippen MR) is 116 cm³/mol. The summed E-state index contributed by atoms with van der Waals surface area (Å²) in [6.07, 6.45) is -3.15. The maximum absolute atomic E-state index is 13.7. The summed E-state index contributed by atoms with van der Waals surface area (Å²) in [5, 5.41) is 0. The highest BCUT2D eigenvalue weighted by Gasteiger charge is 2.36. The summed E-state index contributed by atoms with van der Waals surface area (Å²) in [6, 6.07) is 8.56. The molecule has 0 bridgehead atoms. The Labute approximate surface area is 187 Å². The zero-order chi connectivity index (χ0) is 23.8. The van der Waals surface area contributed by atoms with E-state index < -0.39 is 11.7 Å². The van der Waals surface area contributed by atoms with Crippen LogP contribution in [0, 0.1) is 12.7 Å². The van der Waals surface area contributed by atoms with Gasteiger partial charge in [0, 0.05) is 50.9 Å². The smallest absolute Gasteiger partial charge is 0.353 e. The van der Waals surface area contributed by atoms with E-state index in [1.54, 1.807) is 30.0 Å². The molecule has 1 saturated heterocycles. The monoisotopic (exact) mass is 459 g/mol. The number of carbonyl (C=O) groups excluding carboxylic acids is 1. The molecule has 0 aliphatic carbocycles. The molecule has 10 heteroatoms. The fourth-order valence-corrected chi connectivity index (χ4v) is 3.72. The fourth-order valence-electron chi connectivity index (χ4n) is 3.72. The van der Waals surface area contributed by atoms with Crippen molar-refractivity contribution in [2.45, 2.75) is 20.0 Å². The normalized spacial score (nSPS) is 14.5. The third-order valence-electron chi connectivity index (χ3n) is 5.48. The van der Waals surface area contributed by atoms with E-state index in [1.165, 1.54) is 25.3 Å². The zero-order valence-electron chi connectivity index (χ0n) is 18.0. The number of Topliss-reactive ketones (excluding diaryl/α,β-unsaturated/α-hetero) is 1. The standard InChI is InChI=1S/C23H21F4N5O/c1-14-12-16(5-6-18(14)24)19-13-20(30-21(29-19)15(2)33)31-8-10-32(11-9-31)22-17(23(25,26)27)4-3-7-28-22/h3-7,12-13H,8-11H2,1-2H3. The van der Waals surface area contributed by atoms with Gasteiger partial charge in [-0.15, -0.1) is 0 Å². The van der Waals surface area contributed by atoms with E-state index in [0.717, 1.165) is 6.07 Å². The summed E-state index contributed by atoms with van der Waals surface area (Å²) in [7, 11) is 0. The molecule has 0 radical (unpaired) electrons. The Morgan fingerprint density at radius 2 is 1.70 bits per heavy atom. The second kappa shape index (κ2) is 8.76. The molecule has 3 heterocycles. The van der Waals surface area contributed by atoms with Crippen molar-refractivity contribution in [3.63, 3.8) is 0 Å². The molecule has 1 aliphatic rings. The van der Waals surface area contributed by atoms with Crippen LogP contribution in [0.4, 0.5) is 29.2 Å². The van der Waals surface area contributed by atoms with E-state index in [2.05, 4.69) is 15.0 Å². The quantitative estimate of drug-likeness (QED) is 0.422. The third-order valence-corrected chi connectivity index (χ3v) is 5.48. The lowest BCUT2D eigenvalue weighted by Crippen LogP contribution is -2.47. The zero-order valence-corrected chi connectivity index (χ0v) is 18.0. The van der Waals surface area contributed by atoms with Crippen LogP contribution in [-0.2, 0) is 6.18 Å². The van der Waals surface area contributed by atoms with Crippen molar-refractivity contribution < 1.29 is 22.4 Å². The Morgan fingerprint density at radius 3 is 2.33 bits per heavy atom. The molecule has 1 aromatic carbocycles. The van der Waals surface area contributed by atoms with Crippen LogP contribution in [0.3, 0.4) is 0 Å². The van der Waals surface area contributed by atoms with Gasteiger partial charge in [-0.2, -0.15) is 13.2 Å². The van der Waals surface area contributed by atoms with Gasteiger partial charge in [-0.25, -0.2) is 19.3 Å². The van der Waals surface area contributed by atoms with Gasteiger partial charge in [0.1, 0.15) is 17.5 Å². The number of pyridine rings is 1. The summed E-state index contributed by atoms with van der Waals surface area (Å²) in [4.78, 5) is 28.1.